The van der Waals surface area contributed by atoms with Crippen molar-refractivity contribution in [2.75, 3.05) is 6.54 Å². The van der Waals surface area contributed by atoms with Gasteiger partial charge in [-0.15, -0.1) is 11.3 Å². The third kappa shape index (κ3) is 4.90. The van der Waals surface area contributed by atoms with Crippen molar-refractivity contribution < 1.29 is 14.4 Å². The summed E-state index contributed by atoms with van der Waals surface area (Å²) in [7, 11) is 0. The summed E-state index contributed by atoms with van der Waals surface area (Å²) in [6.45, 7) is 1.58. The van der Waals surface area contributed by atoms with Crippen molar-refractivity contribution in [3.05, 3.63) is 56.2 Å². The summed E-state index contributed by atoms with van der Waals surface area (Å²) in [6.07, 6.45) is 0. The summed E-state index contributed by atoms with van der Waals surface area (Å²) in [5.41, 5.74) is 5.86. The summed E-state index contributed by atoms with van der Waals surface area (Å²) in [4.78, 5) is 35.8. The first-order chi connectivity index (χ1) is 11.0. The Bertz CT molecular complexity index is 745. The second-order valence-corrected chi connectivity index (χ2v) is 7.07. The van der Waals surface area contributed by atoms with Gasteiger partial charge >= 0.3 is 0 Å². The van der Waals surface area contributed by atoms with Gasteiger partial charge in [-0.2, -0.15) is 0 Å². The summed E-state index contributed by atoms with van der Waals surface area (Å²) in [5.74, 6) is -1.28. The molecule has 0 atom stereocenters. The number of nitrogens with one attached hydrogen (secondary N) is 3. The van der Waals surface area contributed by atoms with Gasteiger partial charge in [-0.3, -0.25) is 25.2 Å². The van der Waals surface area contributed by atoms with Crippen molar-refractivity contribution in [1.29, 1.82) is 0 Å². The van der Waals surface area contributed by atoms with Crippen LogP contribution in [0.25, 0.3) is 0 Å². The van der Waals surface area contributed by atoms with E-state index in [1.807, 2.05) is 19.1 Å². The molecule has 8 heteroatoms. The first kappa shape index (κ1) is 17.2. The number of rotatable bonds is 4. The van der Waals surface area contributed by atoms with E-state index in [0.29, 0.717) is 10.4 Å². The van der Waals surface area contributed by atoms with E-state index in [2.05, 4.69) is 32.1 Å². The predicted molar refractivity (Wildman–Crippen MR) is 91.1 cm³/mol. The second kappa shape index (κ2) is 7.89. The lowest BCUT2D eigenvalue weighted by molar-refractivity contribution is -0.120. The van der Waals surface area contributed by atoms with E-state index >= 15 is 0 Å². The molecule has 0 aliphatic rings. The van der Waals surface area contributed by atoms with Crippen LogP contribution in [-0.2, 0) is 4.79 Å². The number of aryl methyl sites for hydroxylation is 1. The van der Waals surface area contributed by atoms with Crippen LogP contribution in [0.1, 0.15) is 25.6 Å². The molecule has 0 radical (unpaired) electrons. The molecular weight excluding hydrogens is 382 g/mol. The fourth-order valence-corrected chi connectivity index (χ4v) is 3.03. The van der Waals surface area contributed by atoms with Crippen LogP contribution in [0.2, 0.25) is 0 Å². The van der Waals surface area contributed by atoms with Gasteiger partial charge in [0.2, 0.25) is 0 Å². The Morgan fingerprint density at radius 2 is 1.78 bits per heavy atom. The Hall–Kier alpha value is -2.19. The van der Waals surface area contributed by atoms with Crippen molar-refractivity contribution >= 4 is 45.0 Å². The molecule has 0 bridgehead atoms. The topological polar surface area (TPSA) is 87.3 Å². The van der Waals surface area contributed by atoms with Crippen molar-refractivity contribution in [2.45, 2.75) is 6.92 Å². The molecule has 1 aromatic heterocycles. The highest BCUT2D eigenvalue weighted by atomic mass is 79.9. The van der Waals surface area contributed by atoms with Crippen LogP contribution < -0.4 is 16.2 Å². The van der Waals surface area contributed by atoms with Gasteiger partial charge in [-0.1, -0.05) is 18.2 Å². The zero-order chi connectivity index (χ0) is 16.8. The maximum absolute atomic E-state index is 12.0. The van der Waals surface area contributed by atoms with E-state index in [1.54, 1.807) is 24.3 Å². The van der Waals surface area contributed by atoms with Crippen LogP contribution in [0.4, 0.5) is 0 Å². The number of carbonyl (C=O) groups excluding carboxylic acids is 3. The third-order valence-electron chi connectivity index (χ3n) is 2.91. The molecule has 120 valence electrons. The van der Waals surface area contributed by atoms with Gasteiger partial charge in [0, 0.05) is 5.56 Å². The maximum Gasteiger partial charge on any atom is 0.279 e. The van der Waals surface area contributed by atoms with Crippen LogP contribution >= 0.6 is 27.3 Å². The van der Waals surface area contributed by atoms with E-state index in [4.69, 9.17) is 0 Å². The predicted octanol–water partition coefficient (Wildman–Crippen LogP) is 2.01. The fraction of sp³-hybridized carbons (Fsp3) is 0.133. The molecule has 2 aromatic rings. The number of benzene rings is 1. The van der Waals surface area contributed by atoms with Crippen molar-refractivity contribution in [1.82, 2.24) is 16.2 Å². The molecule has 0 unspecified atom stereocenters. The van der Waals surface area contributed by atoms with Crippen molar-refractivity contribution in [3.63, 3.8) is 0 Å². The molecule has 3 amide bonds. The summed E-state index contributed by atoms with van der Waals surface area (Å²) >= 11 is 4.50. The molecule has 0 spiro atoms. The molecule has 23 heavy (non-hydrogen) atoms. The largest absolute Gasteiger partial charge is 0.343 e. The number of amides is 3. The molecule has 0 saturated heterocycles. The van der Waals surface area contributed by atoms with Crippen LogP contribution in [0.15, 0.2) is 40.2 Å². The quantitative estimate of drug-likeness (QED) is 0.691. The maximum atomic E-state index is 12.0. The highest BCUT2D eigenvalue weighted by Crippen LogP contribution is 2.21. The van der Waals surface area contributed by atoms with Gasteiger partial charge in [0.1, 0.15) is 0 Å². The lowest BCUT2D eigenvalue weighted by Gasteiger charge is -2.09. The smallest absolute Gasteiger partial charge is 0.279 e. The Kier molecular flexibility index (Phi) is 5.89. The second-order valence-electron chi connectivity index (χ2n) is 4.60. The standard InChI is InChI=1S/C15H14BrN3O3S/c1-9-4-2-3-5-10(9)14(21)17-8-13(20)18-19-15(22)11-6-7-12(16)23-11/h2-7H,8H2,1H3,(H,17,21)(H,18,20)(H,19,22). The van der Waals surface area contributed by atoms with Crippen LogP contribution in [-0.4, -0.2) is 24.3 Å². The Morgan fingerprint density at radius 3 is 2.43 bits per heavy atom. The first-order valence-electron chi connectivity index (χ1n) is 6.65. The number of hydrogen-bond acceptors (Lipinski definition) is 4. The highest BCUT2D eigenvalue weighted by Gasteiger charge is 2.12. The van der Waals surface area contributed by atoms with Crippen LogP contribution in [0.3, 0.4) is 0 Å². The zero-order valence-corrected chi connectivity index (χ0v) is 14.6. The molecule has 0 aliphatic heterocycles. The van der Waals surface area contributed by atoms with Gasteiger partial charge in [-0.05, 0) is 46.6 Å². The minimum Gasteiger partial charge on any atom is -0.343 e. The minimum atomic E-state index is -0.518. The summed E-state index contributed by atoms with van der Waals surface area (Å²) in [5, 5.41) is 2.50. The van der Waals surface area contributed by atoms with Gasteiger partial charge in [0.05, 0.1) is 15.2 Å². The highest BCUT2D eigenvalue weighted by molar-refractivity contribution is 9.11. The average Bonchev–Trinajstić information content (AvgIpc) is 2.97. The molecular formula is C15H14BrN3O3S. The van der Waals surface area contributed by atoms with E-state index in [9.17, 15) is 14.4 Å². The van der Waals surface area contributed by atoms with E-state index in [0.717, 1.165) is 9.35 Å². The Balaban J connectivity index is 1.78. The number of carbonyl (C=O) groups is 3. The van der Waals surface area contributed by atoms with Crippen molar-refractivity contribution in [3.8, 4) is 0 Å². The molecule has 0 saturated carbocycles. The first-order valence-corrected chi connectivity index (χ1v) is 8.26. The monoisotopic (exact) mass is 395 g/mol. The van der Waals surface area contributed by atoms with Gasteiger partial charge in [-0.25, -0.2) is 0 Å². The van der Waals surface area contributed by atoms with Crippen molar-refractivity contribution in [2.24, 2.45) is 0 Å². The minimum absolute atomic E-state index is 0.235. The lowest BCUT2D eigenvalue weighted by atomic mass is 10.1. The van der Waals surface area contributed by atoms with Crippen LogP contribution in [0.5, 0.6) is 0 Å². The van der Waals surface area contributed by atoms with Gasteiger partial charge in [0.15, 0.2) is 0 Å². The Morgan fingerprint density at radius 1 is 1.04 bits per heavy atom. The normalized spacial score (nSPS) is 10.0. The third-order valence-corrected chi connectivity index (χ3v) is 4.53. The number of halogens is 1. The molecule has 1 heterocycles. The fourth-order valence-electron chi connectivity index (χ4n) is 1.75. The molecule has 2 rings (SSSR count). The Labute approximate surface area is 145 Å². The zero-order valence-electron chi connectivity index (χ0n) is 12.2. The SMILES string of the molecule is Cc1ccccc1C(=O)NCC(=O)NNC(=O)c1ccc(Br)s1. The number of hydrazine groups is 1. The lowest BCUT2D eigenvalue weighted by Crippen LogP contribution is -2.46. The van der Waals surface area contributed by atoms with Gasteiger partial charge in [0.25, 0.3) is 17.7 Å². The van der Waals surface area contributed by atoms with E-state index in [-0.39, 0.29) is 12.5 Å². The average molecular weight is 396 g/mol. The van der Waals surface area contributed by atoms with E-state index < -0.39 is 11.8 Å². The molecule has 6 nitrogen and oxygen atoms in total. The van der Waals surface area contributed by atoms with Crippen LogP contribution in [0, 0.1) is 6.92 Å². The summed E-state index contributed by atoms with van der Waals surface area (Å²) in [6, 6.07) is 10.5. The summed E-state index contributed by atoms with van der Waals surface area (Å²) < 4.78 is 0.819. The molecule has 0 fully saturated rings. The molecule has 0 aliphatic carbocycles. The number of thiophene rings is 1. The number of hydrogen-bond donors (Lipinski definition) is 3. The van der Waals surface area contributed by atoms with Gasteiger partial charge < -0.3 is 5.32 Å². The molecule has 3 N–H and O–H groups in total. The molecule has 1 aromatic carbocycles. The van der Waals surface area contributed by atoms with E-state index in [1.165, 1.54) is 11.3 Å².